The average Bonchev–Trinajstić information content (AvgIpc) is 2.63. The van der Waals surface area contributed by atoms with Gasteiger partial charge in [-0.3, -0.25) is 14.6 Å². The summed E-state index contributed by atoms with van der Waals surface area (Å²) in [6.45, 7) is 2.38. The van der Waals surface area contributed by atoms with Crippen LogP contribution in [0.1, 0.15) is 35.7 Å². The van der Waals surface area contributed by atoms with Crippen molar-refractivity contribution in [3.05, 3.63) is 59.7 Å². The smallest absolute Gasteiger partial charge is 0.231 e. The van der Waals surface area contributed by atoms with Crippen LogP contribution in [0.5, 0.6) is 0 Å². The summed E-state index contributed by atoms with van der Waals surface area (Å²) in [7, 11) is 0. The molecule has 136 valence electrons. The molecule has 1 fully saturated rings. The number of halogens is 1. The number of hydrogen-bond donors (Lipinski definition) is 1. The topological polar surface area (TPSA) is 68.3 Å². The second-order valence-corrected chi connectivity index (χ2v) is 6.63. The number of benzene rings is 1. The van der Waals surface area contributed by atoms with Crippen LogP contribution < -0.4 is 5.32 Å². The number of carbonyl (C=O) groups excluding carboxylic acids is 2. The van der Waals surface area contributed by atoms with Crippen LogP contribution in [0.15, 0.2) is 42.7 Å². The standard InChI is InChI=1S/C20H21FN2O3/c1-14(24)17-13-22-8-5-18(17)23-19(25)20(6-9-26-10-7-20)12-15-3-2-4-16(21)11-15/h2-5,8,11,13H,6-7,9-10,12H2,1H3,(H,22,23,25). The third-order valence-corrected chi connectivity index (χ3v) is 4.81. The van der Waals surface area contributed by atoms with E-state index in [9.17, 15) is 14.0 Å². The molecule has 1 aromatic carbocycles. The molecule has 0 spiro atoms. The third-order valence-electron chi connectivity index (χ3n) is 4.81. The molecule has 0 bridgehead atoms. The summed E-state index contributed by atoms with van der Waals surface area (Å²) >= 11 is 0. The molecule has 0 radical (unpaired) electrons. The Bertz CT molecular complexity index is 816. The Balaban J connectivity index is 1.88. The molecule has 1 aliphatic rings. The van der Waals surface area contributed by atoms with Crippen LogP contribution in [0, 0.1) is 11.2 Å². The van der Waals surface area contributed by atoms with Gasteiger partial charge in [0.15, 0.2) is 5.78 Å². The van der Waals surface area contributed by atoms with E-state index < -0.39 is 5.41 Å². The van der Waals surface area contributed by atoms with Crippen LogP contribution in [-0.2, 0) is 16.0 Å². The average molecular weight is 356 g/mol. The van der Waals surface area contributed by atoms with Gasteiger partial charge in [-0.2, -0.15) is 0 Å². The van der Waals surface area contributed by atoms with Gasteiger partial charge in [-0.25, -0.2) is 4.39 Å². The first-order valence-electron chi connectivity index (χ1n) is 8.59. The van der Waals surface area contributed by atoms with Crippen LogP contribution in [-0.4, -0.2) is 29.9 Å². The maximum absolute atomic E-state index is 13.6. The van der Waals surface area contributed by atoms with Crippen molar-refractivity contribution in [2.45, 2.75) is 26.2 Å². The maximum Gasteiger partial charge on any atom is 0.231 e. The van der Waals surface area contributed by atoms with E-state index in [-0.39, 0.29) is 17.5 Å². The zero-order valence-corrected chi connectivity index (χ0v) is 14.6. The van der Waals surface area contributed by atoms with Crippen LogP contribution in [0.2, 0.25) is 0 Å². The zero-order chi connectivity index (χ0) is 18.6. The van der Waals surface area contributed by atoms with Gasteiger partial charge in [-0.1, -0.05) is 12.1 Å². The fraction of sp³-hybridized carbons (Fsp3) is 0.350. The number of rotatable bonds is 5. The van der Waals surface area contributed by atoms with E-state index in [4.69, 9.17) is 4.74 Å². The number of nitrogens with zero attached hydrogens (tertiary/aromatic N) is 1. The Labute approximate surface area is 151 Å². The zero-order valence-electron chi connectivity index (χ0n) is 14.6. The number of aromatic nitrogens is 1. The molecule has 0 unspecified atom stereocenters. The predicted octanol–water partition coefficient (Wildman–Crippen LogP) is 3.40. The fourth-order valence-electron chi connectivity index (χ4n) is 3.32. The van der Waals surface area contributed by atoms with Crippen LogP contribution >= 0.6 is 0 Å². The highest BCUT2D eigenvalue weighted by Crippen LogP contribution is 2.36. The lowest BCUT2D eigenvalue weighted by Crippen LogP contribution is -2.43. The normalized spacial score (nSPS) is 16.1. The molecule has 1 amide bonds. The molecule has 0 aliphatic carbocycles. The third kappa shape index (κ3) is 3.96. The molecule has 5 nitrogen and oxygen atoms in total. The van der Waals surface area contributed by atoms with Crippen molar-refractivity contribution in [1.82, 2.24) is 4.98 Å². The minimum absolute atomic E-state index is 0.167. The lowest BCUT2D eigenvalue weighted by molar-refractivity contribution is -0.131. The Morgan fingerprint density at radius 1 is 1.27 bits per heavy atom. The molecule has 2 aromatic rings. The minimum atomic E-state index is -0.705. The van der Waals surface area contributed by atoms with Gasteiger partial charge < -0.3 is 10.1 Å². The molecule has 1 N–H and O–H groups in total. The molecule has 2 heterocycles. The van der Waals surface area contributed by atoms with Gasteiger partial charge in [0.1, 0.15) is 5.82 Å². The Kier molecular flexibility index (Phi) is 5.42. The van der Waals surface area contributed by atoms with Crippen molar-refractivity contribution in [1.29, 1.82) is 0 Å². The lowest BCUT2D eigenvalue weighted by Gasteiger charge is -2.36. The molecular formula is C20H21FN2O3. The van der Waals surface area contributed by atoms with Crippen molar-refractivity contribution < 1.29 is 18.7 Å². The summed E-state index contributed by atoms with van der Waals surface area (Å²) in [5.41, 5.74) is 0.878. The first-order valence-corrected chi connectivity index (χ1v) is 8.59. The van der Waals surface area contributed by atoms with E-state index in [1.807, 2.05) is 6.07 Å². The van der Waals surface area contributed by atoms with Gasteiger partial charge >= 0.3 is 0 Å². The highest BCUT2D eigenvalue weighted by Gasteiger charge is 2.40. The van der Waals surface area contributed by atoms with E-state index in [1.54, 1.807) is 12.1 Å². The van der Waals surface area contributed by atoms with Crippen molar-refractivity contribution in [2.75, 3.05) is 18.5 Å². The van der Waals surface area contributed by atoms with E-state index in [0.717, 1.165) is 5.56 Å². The summed E-state index contributed by atoms with van der Waals surface area (Å²) in [6.07, 6.45) is 4.47. The predicted molar refractivity (Wildman–Crippen MR) is 95.5 cm³/mol. The van der Waals surface area contributed by atoms with Gasteiger partial charge in [-0.05, 0) is 49.9 Å². The van der Waals surface area contributed by atoms with E-state index in [2.05, 4.69) is 10.3 Å². The van der Waals surface area contributed by atoms with E-state index in [0.29, 0.717) is 43.7 Å². The SMILES string of the molecule is CC(=O)c1cnccc1NC(=O)C1(Cc2cccc(F)c2)CCOCC1. The fourth-order valence-corrected chi connectivity index (χ4v) is 3.32. The first-order chi connectivity index (χ1) is 12.5. The van der Waals surface area contributed by atoms with E-state index >= 15 is 0 Å². The second kappa shape index (κ2) is 7.74. The number of ether oxygens (including phenoxy) is 1. The monoisotopic (exact) mass is 356 g/mol. The molecule has 3 rings (SSSR count). The quantitative estimate of drug-likeness (QED) is 0.834. The van der Waals surface area contributed by atoms with Gasteiger partial charge in [0.05, 0.1) is 16.7 Å². The minimum Gasteiger partial charge on any atom is -0.381 e. The van der Waals surface area contributed by atoms with Gasteiger partial charge in [0, 0.05) is 25.6 Å². The Morgan fingerprint density at radius 3 is 2.73 bits per heavy atom. The second-order valence-electron chi connectivity index (χ2n) is 6.63. The largest absolute Gasteiger partial charge is 0.381 e. The molecule has 6 heteroatoms. The van der Waals surface area contributed by atoms with Gasteiger partial charge in [0.25, 0.3) is 0 Å². The summed E-state index contributed by atoms with van der Waals surface area (Å²) in [5.74, 6) is -0.670. The Hall–Kier alpha value is -2.60. The number of carbonyl (C=O) groups is 2. The molecule has 1 saturated heterocycles. The maximum atomic E-state index is 13.6. The number of pyridine rings is 1. The summed E-state index contributed by atoms with van der Waals surface area (Å²) in [4.78, 5) is 28.9. The molecule has 1 aromatic heterocycles. The van der Waals surface area contributed by atoms with Crippen LogP contribution in [0.3, 0.4) is 0 Å². The number of anilines is 1. The molecule has 1 aliphatic heterocycles. The van der Waals surface area contributed by atoms with Crippen molar-refractivity contribution >= 4 is 17.4 Å². The number of Topliss-reactive ketones (excluding diaryl/α,β-unsaturated/α-hetero) is 1. The summed E-state index contributed by atoms with van der Waals surface area (Å²) in [6, 6.07) is 7.92. The molecule has 26 heavy (non-hydrogen) atoms. The number of ketones is 1. The molecular weight excluding hydrogens is 335 g/mol. The highest BCUT2D eigenvalue weighted by molar-refractivity contribution is 6.04. The van der Waals surface area contributed by atoms with Gasteiger partial charge in [-0.15, -0.1) is 0 Å². The molecule has 0 atom stereocenters. The first kappa shape index (κ1) is 18.2. The van der Waals surface area contributed by atoms with Crippen LogP contribution in [0.25, 0.3) is 0 Å². The number of hydrogen-bond acceptors (Lipinski definition) is 4. The van der Waals surface area contributed by atoms with Crippen molar-refractivity contribution in [2.24, 2.45) is 5.41 Å². The summed E-state index contributed by atoms with van der Waals surface area (Å²) < 4.78 is 19.0. The number of nitrogens with one attached hydrogen (secondary N) is 1. The van der Waals surface area contributed by atoms with Gasteiger partial charge in [0.2, 0.25) is 5.91 Å². The summed E-state index contributed by atoms with van der Waals surface area (Å²) in [5, 5.41) is 2.89. The van der Waals surface area contributed by atoms with E-state index in [1.165, 1.54) is 31.5 Å². The van der Waals surface area contributed by atoms with Crippen molar-refractivity contribution in [3.63, 3.8) is 0 Å². The highest BCUT2D eigenvalue weighted by atomic mass is 19.1. The lowest BCUT2D eigenvalue weighted by atomic mass is 9.74. The van der Waals surface area contributed by atoms with Crippen molar-refractivity contribution in [3.8, 4) is 0 Å². The molecule has 0 saturated carbocycles. The Morgan fingerprint density at radius 2 is 2.04 bits per heavy atom. The number of amides is 1. The van der Waals surface area contributed by atoms with Crippen LogP contribution in [0.4, 0.5) is 10.1 Å².